The zero-order chi connectivity index (χ0) is 24.4. The number of ether oxygens (including phenoxy) is 1. The minimum atomic E-state index is -1.09. The van der Waals surface area contributed by atoms with E-state index in [4.69, 9.17) is 15.6 Å². The molecule has 0 unspecified atom stereocenters. The molecular formula is C26H25F2N3O3. The van der Waals surface area contributed by atoms with Crippen LogP contribution in [0.15, 0.2) is 54.9 Å². The van der Waals surface area contributed by atoms with Gasteiger partial charge in [-0.15, -0.1) is 0 Å². The van der Waals surface area contributed by atoms with Crippen molar-refractivity contribution in [2.75, 3.05) is 0 Å². The standard InChI is InChI=1S/C26H25F2N3O3/c1-15(2)31-8-6-19-21(20-5-7-30-22(13-29)26(20)28)9-16(10-23(19)31)14-34-24-4-3-18(27)11-17(24)12-25(32)33/h3-11,15H,12-14,29H2,1-2H3,(H,32,33). The van der Waals surface area contributed by atoms with Crippen molar-refractivity contribution in [3.05, 3.63) is 83.3 Å². The summed E-state index contributed by atoms with van der Waals surface area (Å²) in [6.45, 7) is 4.17. The van der Waals surface area contributed by atoms with Gasteiger partial charge < -0.3 is 20.1 Å². The first-order chi connectivity index (χ1) is 16.3. The third-order valence-electron chi connectivity index (χ3n) is 5.66. The van der Waals surface area contributed by atoms with E-state index in [1.165, 1.54) is 18.3 Å². The molecule has 0 aliphatic heterocycles. The second-order valence-corrected chi connectivity index (χ2v) is 8.33. The van der Waals surface area contributed by atoms with Crippen LogP contribution in [-0.2, 0) is 24.4 Å². The molecule has 2 aromatic carbocycles. The Morgan fingerprint density at radius 2 is 1.94 bits per heavy atom. The second kappa shape index (κ2) is 9.61. The highest BCUT2D eigenvalue weighted by Crippen LogP contribution is 2.35. The van der Waals surface area contributed by atoms with Crippen LogP contribution in [0.25, 0.3) is 22.0 Å². The van der Waals surface area contributed by atoms with Crippen LogP contribution in [0.3, 0.4) is 0 Å². The van der Waals surface area contributed by atoms with Gasteiger partial charge in [0, 0.05) is 47.0 Å². The quantitative estimate of drug-likeness (QED) is 0.372. The molecule has 34 heavy (non-hydrogen) atoms. The molecule has 0 saturated heterocycles. The Hall–Kier alpha value is -3.78. The van der Waals surface area contributed by atoms with Crippen LogP contribution in [0.2, 0.25) is 0 Å². The SMILES string of the molecule is CC(C)n1ccc2c(-c3ccnc(CN)c3F)cc(COc3ccc(F)cc3CC(=O)O)cc21. The van der Waals surface area contributed by atoms with Crippen molar-refractivity contribution in [1.29, 1.82) is 0 Å². The summed E-state index contributed by atoms with van der Waals surface area (Å²) in [7, 11) is 0. The molecule has 2 aromatic heterocycles. The van der Waals surface area contributed by atoms with Crippen molar-refractivity contribution in [3.8, 4) is 16.9 Å². The molecule has 0 bridgehead atoms. The lowest BCUT2D eigenvalue weighted by Crippen LogP contribution is -2.06. The fraction of sp³-hybridized carbons (Fsp3) is 0.231. The molecule has 0 atom stereocenters. The Morgan fingerprint density at radius 3 is 2.65 bits per heavy atom. The van der Waals surface area contributed by atoms with Crippen molar-refractivity contribution in [3.63, 3.8) is 0 Å². The van der Waals surface area contributed by atoms with E-state index in [0.29, 0.717) is 11.1 Å². The van der Waals surface area contributed by atoms with Gasteiger partial charge >= 0.3 is 5.97 Å². The first-order valence-electron chi connectivity index (χ1n) is 10.9. The molecule has 4 aromatic rings. The summed E-state index contributed by atoms with van der Waals surface area (Å²) in [4.78, 5) is 15.2. The maximum absolute atomic E-state index is 15.2. The summed E-state index contributed by atoms with van der Waals surface area (Å²) in [5.74, 6) is -1.81. The Morgan fingerprint density at radius 1 is 1.15 bits per heavy atom. The summed E-state index contributed by atoms with van der Waals surface area (Å²) in [6, 6.07) is 11.3. The number of nitrogens with zero attached hydrogens (tertiary/aromatic N) is 2. The van der Waals surface area contributed by atoms with Gasteiger partial charge in [0.15, 0.2) is 5.82 Å². The van der Waals surface area contributed by atoms with Gasteiger partial charge in [-0.3, -0.25) is 9.78 Å². The van der Waals surface area contributed by atoms with Gasteiger partial charge in [0.05, 0.1) is 12.1 Å². The molecule has 0 aliphatic carbocycles. The van der Waals surface area contributed by atoms with E-state index in [2.05, 4.69) is 23.4 Å². The van der Waals surface area contributed by atoms with Gasteiger partial charge in [0.25, 0.3) is 0 Å². The largest absolute Gasteiger partial charge is 0.489 e. The van der Waals surface area contributed by atoms with E-state index in [1.54, 1.807) is 6.07 Å². The predicted octanol–water partition coefficient (Wildman–Crippen LogP) is 5.23. The molecular weight excluding hydrogens is 440 g/mol. The number of carboxylic acids is 1. The van der Waals surface area contributed by atoms with E-state index in [1.807, 2.05) is 24.4 Å². The maximum Gasteiger partial charge on any atom is 0.307 e. The van der Waals surface area contributed by atoms with Crippen molar-refractivity contribution in [2.45, 2.75) is 39.5 Å². The van der Waals surface area contributed by atoms with Crippen LogP contribution in [0, 0.1) is 11.6 Å². The monoisotopic (exact) mass is 465 g/mol. The van der Waals surface area contributed by atoms with Gasteiger partial charge in [-0.2, -0.15) is 0 Å². The van der Waals surface area contributed by atoms with Crippen molar-refractivity contribution in [1.82, 2.24) is 9.55 Å². The van der Waals surface area contributed by atoms with Gasteiger partial charge in [0.2, 0.25) is 0 Å². The molecule has 0 aliphatic rings. The number of halogens is 2. The first-order valence-corrected chi connectivity index (χ1v) is 10.9. The van der Waals surface area contributed by atoms with E-state index in [0.717, 1.165) is 22.5 Å². The lowest BCUT2D eigenvalue weighted by molar-refractivity contribution is -0.136. The van der Waals surface area contributed by atoms with Crippen molar-refractivity contribution < 1.29 is 23.4 Å². The highest BCUT2D eigenvalue weighted by atomic mass is 19.1. The molecule has 176 valence electrons. The number of aliphatic carboxylic acids is 1. The molecule has 0 fully saturated rings. The minimum absolute atomic E-state index is 0.0183. The normalized spacial score (nSPS) is 11.4. The lowest BCUT2D eigenvalue weighted by atomic mass is 9.98. The molecule has 0 radical (unpaired) electrons. The number of hydrogen-bond acceptors (Lipinski definition) is 4. The Labute approximate surface area is 195 Å². The zero-order valence-electron chi connectivity index (χ0n) is 18.9. The Balaban J connectivity index is 1.79. The Bertz CT molecular complexity index is 1370. The molecule has 0 amide bonds. The van der Waals surface area contributed by atoms with Crippen LogP contribution >= 0.6 is 0 Å². The van der Waals surface area contributed by atoms with Gasteiger partial charge in [-0.25, -0.2) is 8.78 Å². The summed E-state index contributed by atoms with van der Waals surface area (Å²) in [6.07, 6.45) is 3.13. The molecule has 0 saturated carbocycles. The smallest absolute Gasteiger partial charge is 0.307 e. The summed E-state index contributed by atoms with van der Waals surface area (Å²) < 4.78 is 36.8. The molecule has 2 heterocycles. The van der Waals surface area contributed by atoms with E-state index >= 15 is 4.39 Å². The number of aromatic nitrogens is 2. The van der Waals surface area contributed by atoms with Crippen LogP contribution in [0.5, 0.6) is 5.75 Å². The molecule has 3 N–H and O–H groups in total. The summed E-state index contributed by atoms with van der Waals surface area (Å²) >= 11 is 0. The number of fused-ring (bicyclic) bond motifs is 1. The average molecular weight is 466 g/mol. The topological polar surface area (TPSA) is 90.4 Å². The number of rotatable bonds is 8. The highest BCUT2D eigenvalue weighted by molar-refractivity contribution is 5.96. The first kappa shape index (κ1) is 23.4. The molecule has 4 rings (SSSR count). The summed E-state index contributed by atoms with van der Waals surface area (Å²) in [5, 5.41) is 10.0. The fourth-order valence-corrected chi connectivity index (χ4v) is 4.06. The summed E-state index contributed by atoms with van der Waals surface area (Å²) in [5.41, 5.74) is 8.80. The number of nitrogens with two attached hydrogens (primary N) is 1. The number of carbonyl (C=O) groups is 1. The number of carboxylic acid groups (broad SMARTS) is 1. The van der Waals surface area contributed by atoms with E-state index < -0.39 is 17.6 Å². The fourth-order valence-electron chi connectivity index (χ4n) is 4.06. The second-order valence-electron chi connectivity index (χ2n) is 8.33. The number of hydrogen-bond donors (Lipinski definition) is 2. The van der Waals surface area contributed by atoms with Gasteiger partial charge in [0.1, 0.15) is 18.2 Å². The van der Waals surface area contributed by atoms with E-state index in [-0.39, 0.29) is 42.6 Å². The number of benzene rings is 2. The maximum atomic E-state index is 15.2. The van der Waals surface area contributed by atoms with Crippen molar-refractivity contribution in [2.24, 2.45) is 5.73 Å². The van der Waals surface area contributed by atoms with Crippen LogP contribution in [-0.4, -0.2) is 20.6 Å². The zero-order valence-corrected chi connectivity index (χ0v) is 18.9. The van der Waals surface area contributed by atoms with Gasteiger partial charge in [-0.05, 0) is 67.4 Å². The third-order valence-corrected chi connectivity index (χ3v) is 5.66. The lowest BCUT2D eigenvalue weighted by Gasteiger charge is -2.15. The predicted molar refractivity (Wildman–Crippen MR) is 125 cm³/mol. The van der Waals surface area contributed by atoms with Crippen LogP contribution in [0.1, 0.15) is 36.7 Å². The van der Waals surface area contributed by atoms with Gasteiger partial charge in [-0.1, -0.05) is 0 Å². The molecule has 0 spiro atoms. The van der Waals surface area contributed by atoms with Crippen LogP contribution in [0.4, 0.5) is 8.78 Å². The third kappa shape index (κ3) is 4.63. The Kier molecular flexibility index (Phi) is 6.61. The van der Waals surface area contributed by atoms with E-state index in [9.17, 15) is 9.18 Å². The highest BCUT2D eigenvalue weighted by Gasteiger charge is 2.17. The van der Waals surface area contributed by atoms with Crippen molar-refractivity contribution >= 4 is 16.9 Å². The average Bonchev–Trinajstić information content (AvgIpc) is 3.22. The molecule has 8 heteroatoms. The number of pyridine rings is 1. The molecule has 6 nitrogen and oxygen atoms in total. The van der Waals surface area contributed by atoms with Crippen LogP contribution < -0.4 is 10.5 Å². The minimum Gasteiger partial charge on any atom is -0.489 e.